The third-order valence-electron chi connectivity index (χ3n) is 2.37. The summed E-state index contributed by atoms with van der Waals surface area (Å²) in [6, 6.07) is 9.13. The van der Waals surface area contributed by atoms with Gasteiger partial charge in [0.15, 0.2) is 5.70 Å². The number of hydrogen-bond acceptors (Lipinski definition) is 5. The number of methoxy groups -OCH3 is 1. The molecule has 0 atom stereocenters. The molecular formula is C12H12N4O2. The Kier molecular flexibility index (Phi) is 3.38. The highest BCUT2D eigenvalue weighted by Gasteiger charge is 2.18. The van der Waals surface area contributed by atoms with E-state index >= 15 is 0 Å². The number of esters is 1. The Balaban J connectivity index is 2.56. The van der Waals surface area contributed by atoms with E-state index < -0.39 is 5.97 Å². The van der Waals surface area contributed by atoms with Crippen LogP contribution in [0.25, 0.3) is 11.4 Å². The summed E-state index contributed by atoms with van der Waals surface area (Å²) in [5.41, 5.74) is 7.14. The monoisotopic (exact) mass is 244 g/mol. The minimum atomic E-state index is -0.568. The van der Waals surface area contributed by atoms with Crippen LogP contribution in [0.1, 0.15) is 5.56 Å². The standard InChI is InChI=1S/C12H12N4O2/c1-18-12(17)11(16-8-7-14-15-16)10(13)9-5-3-2-4-6-9/h2-8H,13H2,1H3/b11-10+. The molecule has 0 unspecified atom stereocenters. The lowest BCUT2D eigenvalue weighted by Gasteiger charge is -2.09. The Hall–Kier alpha value is -2.63. The maximum absolute atomic E-state index is 11.8. The Morgan fingerprint density at radius 1 is 1.33 bits per heavy atom. The molecule has 0 aliphatic rings. The quantitative estimate of drug-likeness (QED) is 0.636. The van der Waals surface area contributed by atoms with E-state index in [1.54, 1.807) is 12.1 Å². The zero-order valence-electron chi connectivity index (χ0n) is 9.78. The van der Waals surface area contributed by atoms with Crippen molar-refractivity contribution in [3.63, 3.8) is 0 Å². The first-order chi connectivity index (χ1) is 8.74. The number of hydrogen-bond donors (Lipinski definition) is 1. The first kappa shape index (κ1) is 11.8. The van der Waals surface area contributed by atoms with Crippen molar-refractivity contribution in [2.24, 2.45) is 5.73 Å². The van der Waals surface area contributed by atoms with Crippen LogP contribution in [-0.4, -0.2) is 28.1 Å². The van der Waals surface area contributed by atoms with Gasteiger partial charge in [-0.3, -0.25) is 0 Å². The number of aromatic nitrogens is 3. The molecular weight excluding hydrogens is 232 g/mol. The molecule has 1 aromatic carbocycles. The molecule has 0 amide bonds. The van der Waals surface area contributed by atoms with Crippen molar-refractivity contribution in [1.29, 1.82) is 0 Å². The van der Waals surface area contributed by atoms with Crippen LogP contribution in [0.4, 0.5) is 0 Å². The molecule has 0 radical (unpaired) electrons. The largest absolute Gasteiger partial charge is 0.464 e. The minimum Gasteiger partial charge on any atom is -0.464 e. The molecule has 6 heteroatoms. The molecule has 0 saturated heterocycles. The van der Waals surface area contributed by atoms with E-state index in [1.165, 1.54) is 24.2 Å². The van der Waals surface area contributed by atoms with Gasteiger partial charge in [-0.2, -0.15) is 0 Å². The average Bonchev–Trinajstić information content (AvgIpc) is 2.93. The molecule has 1 heterocycles. The van der Waals surface area contributed by atoms with Crippen LogP contribution >= 0.6 is 0 Å². The second-order valence-corrected chi connectivity index (χ2v) is 3.47. The normalized spacial score (nSPS) is 11.8. The fourth-order valence-corrected chi connectivity index (χ4v) is 1.51. The molecule has 0 saturated carbocycles. The van der Waals surface area contributed by atoms with Crippen LogP contribution in [0.3, 0.4) is 0 Å². The molecule has 0 aliphatic carbocycles. The van der Waals surface area contributed by atoms with Crippen molar-refractivity contribution in [2.45, 2.75) is 0 Å². The molecule has 2 aromatic rings. The average molecular weight is 244 g/mol. The molecule has 2 rings (SSSR count). The number of ether oxygens (including phenoxy) is 1. The number of benzene rings is 1. The van der Waals surface area contributed by atoms with E-state index in [0.29, 0.717) is 5.56 Å². The minimum absolute atomic E-state index is 0.140. The van der Waals surface area contributed by atoms with E-state index in [1.807, 2.05) is 18.2 Å². The zero-order valence-corrected chi connectivity index (χ0v) is 9.78. The Morgan fingerprint density at radius 3 is 2.61 bits per heavy atom. The van der Waals surface area contributed by atoms with Crippen molar-refractivity contribution in [3.05, 3.63) is 48.3 Å². The summed E-state index contributed by atoms with van der Waals surface area (Å²) < 4.78 is 6.00. The maximum atomic E-state index is 11.8. The maximum Gasteiger partial charge on any atom is 0.358 e. The predicted octanol–water partition coefficient (Wildman–Crippen LogP) is 0.736. The Morgan fingerprint density at radius 2 is 2.06 bits per heavy atom. The van der Waals surface area contributed by atoms with Crippen molar-refractivity contribution >= 4 is 17.4 Å². The van der Waals surface area contributed by atoms with E-state index in [-0.39, 0.29) is 11.4 Å². The van der Waals surface area contributed by atoms with Crippen molar-refractivity contribution in [3.8, 4) is 0 Å². The summed E-state index contributed by atoms with van der Waals surface area (Å²) in [5.74, 6) is -0.568. The van der Waals surface area contributed by atoms with Crippen molar-refractivity contribution in [1.82, 2.24) is 15.0 Å². The van der Waals surface area contributed by atoms with Gasteiger partial charge in [0.25, 0.3) is 0 Å². The van der Waals surface area contributed by atoms with Gasteiger partial charge in [0.2, 0.25) is 0 Å². The molecule has 0 fully saturated rings. The lowest BCUT2D eigenvalue weighted by Crippen LogP contribution is -2.17. The number of nitrogens with zero attached hydrogens (tertiary/aromatic N) is 3. The number of nitrogens with two attached hydrogens (primary N) is 1. The summed E-state index contributed by atoms with van der Waals surface area (Å²) in [6.45, 7) is 0. The summed E-state index contributed by atoms with van der Waals surface area (Å²) >= 11 is 0. The third-order valence-corrected chi connectivity index (χ3v) is 2.37. The Labute approximate surface area is 104 Å². The van der Waals surface area contributed by atoms with Gasteiger partial charge in [0, 0.05) is 0 Å². The number of carbonyl (C=O) groups excluding carboxylic acids is 1. The lowest BCUT2D eigenvalue weighted by atomic mass is 10.1. The summed E-state index contributed by atoms with van der Waals surface area (Å²) in [4.78, 5) is 11.8. The highest BCUT2D eigenvalue weighted by atomic mass is 16.5. The van der Waals surface area contributed by atoms with Crippen LogP contribution in [-0.2, 0) is 9.53 Å². The van der Waals surface area contributed by atoms with E-state index in [9.17, 15) is 4.79 Å². The van der Waals surface area contributed by atoms with Gasteiger partial charge in [0.1, 0.15) is 0 Å². The second kappa shape index (κ2) is 5.13. The van der Waals surface area contributed by atoms with Crippen LogP contribution in [0.5, 0.6) is 0 Å². The summed E-state index contributed by atoms with van der Waals surface area (Å²) in [5, 5.41) is 7.41. The predicted molar refractivity (Wildman–Crippen MR) is 65.8 cm³/mol. The number of rotatable bonds is 3. The highest BCUT2D eigenvalue weighted by Crippen LogP contribution is 2.17. The van der Waals surface area contributed by atoms with Crippen LogP contribution in [0.2, 0.25) is 0 Å². The van der Waals surface area contributed by atoms with E-state index in [0.717, 1.165) is 0 Å². The topological polar surface area (TPSA) is 83.0 Å². The van der Waals surface area contributed by atoms with Crippen LogP contribution < -0.4 is 5.73 Å². The van der Waals surface area contributed by atoms with Gasteiger partial charge in [-0.15, -0.1) is 5.10 Å². The van der Waals surface area contributed by atoms with Crippen molar-refractivity contribution in [2.75, 3.05) is 7.11 Å². The first-order valence-electron chi connectivity index (χ1n) is 5.24. The fraction of sp³-hybridized carbons (Fsp3) is 0.0833. The van der Waals surface area contributed by atoms with Gasteiger partial charge in [0.05, 0.1) is 25.2 Å². The van der Waals surface area contributed by atoms with Gasteiger partial charge < -0.3 is 10.5 Å². The molecule has 18 heavy (non-hydrogen) atoms. The summed E-state index contributed by atoms with van der Waals surface area (Å²) in [6.07, 6.45) is 2.99. The smallest absolute Gasteiger partial charge is 0.358 e. The lowest BCUT2D eigenvalue weighted by molar-refractivity contribution is -0.134. The highest BCUT2D eigenvalue weighted by molar-refractivity contribution is 6.17. The fourth-order valence-electron chi connectivity index (χ4n) is 1.51. The first-order valence-corrected chi connectivity index (χ1v) is 5.24. The van der Waals surface area contributed by atoms with Gasteiger partial charge in [-0.25, -0.2) is 9.48 Å². The zero-order chi connectivity index (χ0) is 13.0. The van der Waals surface area contributed by atoms with Gasteiger partial charge in [-0.05, 0) is 5.56 Å². The molecule has 0 spiro atoms. The van der Waals surface area contributed by atoms with Crippen LogP contribution in [0, 0.1) is 0 Å². The molecule has 0 bridgehead atoms. The molecule has 6 nitrogen and oxygen atoms in total. The second-order valence-electron chi connectivity index (χ2n) is 3.47. The van der Waals surface area contributed by atoms with Gasteiger partial charge in [-0.1, -0.05) is 35.5 Å². The van der Waals surface area contributed by atoms with Crippen molar-refractivity contribution < 1.29 is 9.53 Å². The SMILES string of the molecule is COC(=O)/C(=C(\N)c1ccccc1)n1ccnn1. The third kappa shape index (κ3) is 2.22. The van der Waals surface area contributed by atoms with E-state index in [4.69, 9.17) is 10.5 Å². The number of carbonyl (C=O) groups is 1. The van der Waals surface area contributed by atoms with Gasteiger partial charge >= 0.3 is 5.97 Å². The molecule has 2 N–H and O–H groups in total. The molecule has 1 aromatic heterocycles. The molecule has 92 valence electrons. The van der Waals surface area contributed by atoms with Crippen LogP contribution in [0.15, 0.2) is 42.7 Å². The Bertz CT molecular complexity index is 561. The summed E-state index contributed by atoms with van der Waals surface area (Å²) in [7, 11) is 1.29. The molecule has 0 aliphatic heterocycles. The van der Waals surface area contributed by atoms with E-state index in [2.05, 4.69) is 10.3 Å².